The minimum atomic E-state index is -2.07. The maximum absolute atomic E-state index is 11.5. The van der Waals surface area contributed by atoms with Crippen LogP contribution in [0.5, 0.6) is 5.75 Å². The summed E-state index contributed by atoms with van der Waals surface area (Å²) in [6.07, 6.45) is -6.58. The van der Waals surface area contributed by atoms with E-state index in [9.17, 15) is 25.2 Å². The van der Waals surface area contributed by atoms with Crippen LogP contribution in [0, 0.1) is 0 Å². The summed E-state index contributed by atoms with van der Waals surface area (Å²) in [5, 5.41) is 59.1. The minimum Gasteiger partial charge on any atom is -0.507 e. The maximum atomic E-state index is 11.5. The summed E-state index contributed by atoms with van der Waals surface area (Å²) in [6.45, 7) is -0.849. The first-order valence-electron chi connectivity index (χ1n) is 6.32. The molecule has 0 unspecified atom stereocenters. The molecule has 0 fully saturated rings. The van der Waals surface area contributed by atoms with Gasteiger partial charge in [-0.15, -0.1) is 0 Å². The number of carbonyl (C=O) groups is 1. The first-order chi connectivity index (χ1) is 10.4. The van der Waals surface area contributed by atoms with E-state index >= 15 is 0 Å². The molecule has 0 heterocycles. The van der Waals surface area contributed by atoms with Gasteiger partial charge in [-0.2, -0.15) is 5.10 Å². The number of phenols is 1. The van der Waals surface area contributed by atoms with Gasteiger partial charge in [-0.25, -0.2) is 5.43 Å². The average molecular weight is 314 g/mol. The number of benzene rings is 1. The van der Waals surface area contributed by atoms with Gasteiger partial charge < -0.3 is 30.6 Å². The second-order valence-electron chi connectivity index (χ2n) is 4.47. The molecular formula is C13H18N2O7. The average Bonchev–Trinajstić information content (AvgIpc) is 2.53. The fraction of sp³-hybridized carbons (Fsp3) is 0.385. The van der Waals surface area contributed by atoms with Crippen molar-refractivity contribution in [1.29, 1.82) is 0 Å². The van der Waals surface area contributed by atoms with Gasteiger partial charge in [0.25, 0.3) is 5.91 Å². The molecule has 122 valence electrons. The number of rotatable bonds is 7. The fourth-order valence-electron chi connectivity index (χ4n) is 1.51. The molecule has 0 bridgehead atoms. The van der Waals surface area contributed by atoms with Crippen LogP contribution in [0.1, 0.15) is 5.56 Å². The normalized spacial score (nSPS) is 17.0. The SMILES string of the molecule is O=C(N/N=C\c1ccccc1O)[C@H](O)[C@H](O)[C@H](O)[C@@H](O)CO. The van der Waals surface area contributed by atoms with E-state index in [2.05, 4.69) is 5.10 Å². The van der Waals surface area contributed by atoms with Crippen molar-refractivity contribution < 1.29 is 35.4 Å². The van der Waals surface area contributed by atoms with Crippen LogP contribution in [0.3, 0.4) is 0 Å². The van der Waals surface area contributed by atoms with Crippen molar-refractivity contribution in [3.05, 3.63) is 29.8 Å². The molecule has 9 nitrogen and oxygen atoms in total. The van der Waals surface area contributed by atoms with Crippen LogP contribution in [-0.4, -0.2) is 73.8 Å². The zero-order chi connectivity index (χ0) is 16.7. The Kier molecular flexibility index (Phi) is 6.89. The predicted octanol–water partition coefficient (Wildman–Crippen LogP) is -2.72. The van der Waals surface area contributed by atoms with Crippen molar-refractivity contribution in [2.45, 2.75) is 24.4 Å². The summed E-state index contributed by atoms with van der Waals surface area (Å²) in [6, 6.07) is 6.17. The van der Waals surface area contributed by atoms with Gasteiger partial charge in [0.15, 0.2) is 6.10 Å². The van der Waals surface area contributed by atoms with Crippen molar-refractivity contribution in [2.24, 2.45) is 5.10 Å². The molecule has 7 N–H and O–H groups in total. The number of hydrogen-bond acceptors (Lipinski definition) is 8. The molecule has 1 aromatic rings. The van der Waals surface area contributed by atoms with E-state index in [1.54, 1.807) is 12.1 Å². The van der Waals surface area contributed by atoms with Crippen molar-refractivity contribution in [1.82, 2.24) is 5.43 Å². The molecule has 9 heteroatoms. The Morgan fingerprint density at radius 2 is 1.82 bits per heavy atom. The molecule has 0 saturated heterocycles. The lowest BCUT2D eigenvalue weighted by Crippen LogP contribution is -2.50. The highest BCUT2D eigenvalue weighted by Crippen LogP contribution is 2.12. The van der Waals surface area contributed by atoms with E-state index in [1.165, 1.54) is 12.1 Å². The van der Waals surface area contributed by atoms with Crippen LogP contribution >= 0.6 is 0 Å². The van der Waals surface area contributed by atoms with Gasteiger partial charge in [-0.3, -0.25) is 4.79 Å². The summed E-state index contributed by atoms with van der Waals surface area (Å²) in [7, 11) is 0. The number of hydrazone groups is 1. The smallest absolute Gasteiger partial charge is 0.271 e. The van der Waals surface area contributed by atoms with Gasteiger partial charge in [0, 0.05) is 5.56 Å². The third kappa shape index (κ3) is 4.76. The molecule has 1 aromatic carbocycles. The standard InChI is InChI=1S/C13H18N2O7/c16-6-9(18)10(19)11(20)12(21)13(22)15-14-5-7-3-1-2-4-8(7)17/h1-5,9-12,16-21H,6H2,(H,15,22)/b14-5-/t9-,10+,11+,12+/m0/s1. The second-order valence-corrected chi connectivity index (χ2v) is 4.47. The summed E-state index contributed by atoms with van der Waals surface area (Å²) in [4.78, 5) is 11.5. The third-order valence-electron chi connectivity index (χ3n) is 2.84. The van der Waals surface area contributed by atoms with Crippen molar-refractivity contribution in [3.63, 3.8) is 0 Å². The molecular weight excluding hydrogens is 296 g/mol. The molecule has 0 saturated carbocycles. The maximum Gasteiger partial charge on any atom is 0.271 e. The minimum absolute atomic E-state index is 0.0671. The number of aliphatic hydroxyl groups excluding tert-OH is 5. The van der Waals surface area contributed by atoms with Crippen molar-refractivity contribution >= 4 is 12.1 Å². The highest BCUT2D eigenvalue weighted by molar-refractivity contribution is 5.86. The fourth-order valence-corrected chi connectivity index (χ4v) is 1.51. The topological polar surface area (TPSA) is 163 Å². The van der Waals surface area contributed by atoms with E-state index in [0.29, 0.717) is 5.56 Å². The zero-order valence-corrected chi connectivity index (χ0v) is 11.4. The summed E-state index contributed by atoms with van der Waals surface area (Å²) < 4.78 is 0. The monoisotopic (exact) mass is 314 g/mol. The highest BCUT2D eigenvalue weighted by atomic mass is 16.4. The van der Waals surface area contributed by atoms with Gasteiger partial charge in [-0.1, -0.05) is 12.1 Å². The lowest BCUT2D eigenvalue weighted by molar-refractivity contribution is -0.148. The zero-order valence-electron chi connectivity index (χ0n) is 11.4. The molecule has 0 radical (unpaired) electrons. The molecule has 22 heavy (non-hydrogen) atoms. The van der Waals surface area contributed by atoms with Gasteiger partial charge in [0.1, 0.15) is 24.1 Å². The molecule has 0 aliphatic heterocycles. The van der Waals surface area contributed by atoms with E-state index in [4.69, 9.17) is 10.2 Å². The van der Waals surface area contributed by atoms with Crippen LogP contribution in [0.15, 0.2) is 29.4 Å². The van der Waals surface area contributed by atoms with Crippen molar-refractivity contribution in [3.8, 4) is 5.75 Å². The molecule has 1 amide bonds. The van der Waals surface area contributed by atoms with Crippen LogP contribution in [0.4, 0.5) is 0 Å². The van der Waals surface area contributed by atoms with Gasteiger partial charge in [0.05, 0.1) is 12.8 Å². The first kappa shape index (κ1) is 18.0. The number of nitrogens with zero attached hydrogens (tertiary/aromatic N) is 1. The van der Waals surface area contributed by atoms with Crippen molar-refractivity contribution in [2.75, 3.05) is 6.61 Å². The molecule has 0 aliphatic rings. The lowest BCUT2D eigenvalue weighted by Gasteiger charge is -2.24. The lowest BCUT2D eigenvalue weighted by atomic mass is 10.0. The molecule has 0 aliphatic carbocycles. The number of aliphatic hydroxyl groups is 5. The molecule has 1 rings (SSSR count). The van der Waals surface area contributed by atoms with E-state index in [0.717, 1.165) is 6.21 Å². The largest absolute Gasteiger partial charge is 0.507 e. The van der Waals surface area contributed by atoms with Crippen LogP contribution < -0.4 is 5.43 Å². The Morgan fingerprint density at radius 1 is 1.18 bits per heavy atom. The predicted molar refractivity (Wildman–Crippen MR) is 75.0 cm³/mol. The molecule has 0 spiro atoms. The molecule has 0 aromatic heterocycles. The quantitative estimate of drug-likeness (QED) is 0.212. The van der Waals surface area contributed by atoms with Gasteiger partial charge in [0.2, 0.25) is 0 Å². The highest BCUT2D eigenvalue weighted by Gasteiger charge is 2.34. The first-order valence-corrected chi connectivity index (χ1v) is 6.32. The Labute approximate surface area is 125 Å². The molecule has 4 atom stereocenters. The van der Waals surface area contributed by atoms with Crippen LogP contribution in [0.2, 0.25) is 0 Å². The van der Waals surface area contributed by atoms with E-state index in [1.807, 2.05) is 5.43 Å². The number of hydrogen-bond donors (Lipinski definition) is 7. The van der Waals surface area contributed by atoms with E-state index < -0.39 is 36.9 Å². The number of amides is 1. The van der Waals surface area contributed by atoms with Gasteiger partial charge in [-0.05, 0) is 12.1 Å². The summed E-state index contributed by atoms with van der Waals surface area (Å²) in [5.41, 5.74) is 2.22. The Morgan fingerprint density at radius 3 is 2.41 bits per heavy atom. The number of nitrogens with one attached hydrogen (secondary N) is 1. The van der Waals surface area contributed by atoms with Gasteiger partial charge >= 0.3 is 0 Å². The summed E-state index contributed by atoms with van der Waals surface area (Å²) in [5.74, 6) is -1.20. The number of carbonyl (C=O) groups excluding carboxylic acids is 1. The van der Waals surface area contributed by atoms with E-state index in [-0.39, 0.29) is 5.75 Å². The van der Waals surface area contributed by atoms with Crippen LogP contribution in [-0.2, 0) is 4.79 Å². The Hall–Kier alpha value is -2.04. The Balaban J connectivity index is 2.59. The third-order valence-corrected chi connectivity index (χ3v) is 2.84. The second kappa shape index (κ2) is 8.41. The number of para-hydroxylation sites is 1. The van der Waals surface area contributed by atoms with Crippen LogP contribution in [0.25, 0.3) is 0 Å². The number of phenolic OH excluding ortho intramolecular Hbond substituents is 1. The number of aromatic hydroxyl groups is 1. The Bertz CT molecular complexity index is 523. The summed E-state index contributed by atoms with van der Waals surface area (Å²) >= 11 is 0.